The molecule has 5 heteroatoms. The molecule has 0 aromatic heterocycles. The lowest BCUT2D eigenvalue weighted by molar-refractivity contribution is 0.100. The number of anilines is 2. The second-order valence-electron chi connectivity index (χ2n) is 4.02. The van der Waals surface area contributed by atoms with Crippen molar-refractivity contribution in [2.75, 3.05) is 11.5 Å². The summed E-state index contributed by atoms with van der Waals surface area (Å²) in [7, 11) is 0. The summed E-state index contributed by atoms with van der Waals surface area (Å²) in [5.41, 5.74) is 18.1. The molecular formula is C13H13AlN3O. The van der Waals surface area contributed by atoms with Gasteiger partial charge < -0.3 is 17.2 Å². The standard InChI is InChI=1S/C7H7N2O.C6H6N.Al/c8-6-4-2-1-3-5(6)7(9)10;7-6-4-2-1-3-5-6;/h2-4H,8H2,(H2,9,10);2-5H,7H2;. The van der Waals surface area contributed by atoms with Crippen molar-refractivity contribution < 1.29 is 4.79 Å². The lowest BCUT2D eigenvalue weighted by Gasteiger charge is -2.06. The zero-order chi connectivity index (χ0) is 13.1. The van der Waals surface area contributed by atoms with Crippen LogP contribution < -0.4 is 26.1 Å². The van der Waals surface area contributed by atoms with Gasteiger partial charge in [-0.1, -0.05) is 24.3 Å². The molecule has 0 aliphatic rings. The normalized spacial score (nSPS) is 10.0. The van der Waals surface area contributed by atoms with Gasteiger partial charge in [0.05, 0.1) is 5.56 Å². The van der Waals surface area contributed by atoms with Gasteiger partial charge in [0.25, 0.3) is 21.1 Å². The maximum atomic E-state index is 11.2. The van der Waals surface area contributed by atoms with E-state index < -0.39 is 5.91 Å². The molecule has 18 heavy (non-hydrogen) atoms. The summed E-state index contributed by atoms with van der Waals surface area (Å²) < 4.78 is 2.27. The Morgan fingerprint density at radius 1 is 0.944 bits per heavy atom. The second kappa shape index (κ2) is 5.13. The Labute approximate surface area is 111 Å². The van der Waals surface area contributed by atoms with Gasteiger partial charge in [0.1, 0.15) is 0 Å². The third kappa shape index (κ3) is 2.83. The largest absolute Gasteiger partial charge is 0.399 e. The minimum absolute atomic E-state index is 0.0994. The van der Waals surface area contributed by atoms with E-state index in [1.807, 2.05) is 30.3 Å². The van der Waals surface area contributed by atoms with E-state index in [1.54, 1.807) is 12.1 Å². The van der Waals surface area contributed by atoms with Crippen LogP contribution in [0.2, 0.25) is 0 Å². The third-order valence-electron chi connectivity index (χ3n) is 2.61. The van der Waals surface area contributed by atoms with Crippen LogP contribution in [0.4, 0.5) is 11.4 Å². The summed E-state index contributed by atoms with van der Waals surface area (Å²) in [5.74, 6) is -0.494. The van der Waals surface area contributed by atoms with Gasteiger partial charge in [-0.3, -0.25) is 4.79 Å². The molecule has 0 heterocycles. The number of hydrogen-bond acceptors (Lipinski definition) is 3. The van der Waals surface area contributed by atoms with Crippen molar-refractivity contribution in [2.24, 2.45) is 5.73 Å². The Kier molecular flexibility index (Phi) is 3.56. The maximum absolute atomic E-state index is 11.2. The van der Waals surface area contributed by atoms with Crippen molar-refractivity contribution in [3.05, 3.63) is 48.0 Å². The molecule has 4 nitrogen and oxygen atoms in total. The highest BCUT2D eigenvalue weighted by molar-refractivity contribution is 6.67. The Bertz CT molecular complexity index is 581. The second-order valence-corrected chi connectivity index (χ2v) is 5.64. The highest BCUT2D eigenvalue weighted by atomic mass is 27.1. The number of nitrogens with two attached hydrogens (primary N) is 3. The zero-order valence-electron chi connectivity index (χ0n) is 9.76. The van der Waals surface area contributed by atoms with E-state index in [9.17, 15) is 4.79 Å². The monoisotopic (exact) mass is 254 g/mol. The number of benzene rings is 2. The molecule has 0 atom stereocenters. The molecule has 2 aromatic carbocycles. The summed E-state index contributed by atoms with van der Waals surface area (Å²) >= 11 is -0.0994. The quantitative estimate of drug-likeness (QED) is 0.514. The molecule has 2 aromatic rings. The van der Waals surface area contributed by atoms with E-state index in [0.717, 1.165) is 10.1 Å². The summed E-state index contributed by atoms with van der Waals surface area (Å²) in [4.78, 5) is 11.2. The first kappa shape index (κ1) is 12.5. The minimum Gasteiger partial charge on any atom is -0.399 e. The molecule has 0 aliphatic heterocycles. The van der Waals surface area contributed by atoms with Gasteiger partial charge in [0.2, 0.25) is 0 Å². The van der Waals surface area contributed by atoms with Crippen LogP contribution in [-0.4, -0.2) is 21.1 Å². The predicted molar refractivity (Wildman–Crippen MR) is 75.2 cm³/mol. The van der Waals surface area contributed by atoms with E-state index in [-0.39, 0.29) is 15.2 Å². The van der Waals surface area contributed by atoms with Crippen LogP contribution in [0.3, 0.4) is 0 Å². The molecule has 1 radical (unpaired) electrons. The van der Waals surface area contributed by atoms with Crippen molar-refractivity contribution in [1.29, 1.82) is 0 Å². The zero-order valence-corrected chi connectivity index (χ0v) is 10.9. The van der Waals surface area contributed by atoms with Crippen molar-refractivity contribution in [2.45, 2.75) is 0 Å². The van der Waals surface area contributed by atoms with Gasteiger partial charge in [0.15, 0.2) is 0 Å². The first-order chi connectivity index (χ1) is 8.56. The Morgan fingerprint density at radius 2 is 1.56 bits per heavy atom. The molecule has 89 valence electrons. The number of amides is 1. The molecular weight excluding hydrogens is 241 g/mol. The highest BCUT2D eigenvalue weighted by Crippen LogP contribution is 2.07. The van der Waals surface area contributed by atoms with Gasteiger partial charge >= 0.3 is 0 Å². The van der Waals surface area contributed by atoms with Gasteiger partial charge in [-0.25, -0.2) is 0 Å². The number of nitrogen functional groups attached to an aromatic ring is 2. The van der Waals surface area contributed by atoms with Crippen LogP contribution >= 0.6 is 0 Å². The summed E-state index contributed by atoms with van der Waals surface area (Å²) in [6.45, 7) is 0. The third-order valence-corrected chi connectivity index (χ3v) is 4.02. The van der Waals surface area contributed by atoms with Gasteiger partial charge in [-0.2, -0.15) is 0 Å². The Hall–Kier alpha value is -1.96. The van der Waals surface area contributed by atoms with E-state index >= 15 is 0 Å². The smallest absolute Gasteiger partial charge is 0.298 e. The number of carbonyl (C=O) groups excluding carboxylic acids is 1. The molecule has 0 unspecified atom stereocenters. The molecule has 0 aliphatic carbocycles. The molecule has 0 bridgehead atoms. The maximum Gasteiger partial charge on any atom is 0.298 e. The van der Waals surface area contributed by atoms with Crippen molar-refractivity contribution in [1.82, 2.24) is 0 Å². The van der Waals surface area contributed by atoms with E-state index in [4.69, 9.17) is 17.2 Å². The molecule has 0 saturated heterocycles. The SMILES string of the molecule is NC(=O)c1c[c]([Al][c]2ccc(N)cc2)ccc1N. The van der Waals surface area contributed by atoms with Crippen LogP contribution in [0.1, 0.15) is 10.4 Å². The average molecular weight is 254 g/mol. The summed E-state index contributed by atoms with van der Waals surface area (Å²) in [6.07, 6.45) is 0. The van der Waals surface area contributed by atoms with Crippen LogP contribution in [0.5, 0.6) is 0 Å². The molecule has 0 fully saturated rings. The summed E-state index contributed by atoms with van der Waals surface area (Å²) in [5, 5.41) is 0. The van der Waals surface area contributed by atoms with E-state index in [0.29, 0.717) is 11.3 Å². The van der Waals surface area contributed by atoms with Crippen molar-refractivity contribution >= 4 is 41.4 Å². The lowest BCUT2D eigenvalue weighted by Crippen LogP contribution is -2.28. The fourth-order valence-electron chi connectivity index (χ4n) is 1.66. The number of rotatable bonds is 3. The van der Waals surface area contributed by atoms with Gasteiger partial charge in [0, 0.05) is 11.4 Å². The molecule has 0 saturated carbocycles. The van der Waals surface area contributed by atoms with Crippen molar-refractivity contribution in [3.63, 3.8) is 0 Å². The number of primary amides is 1. The lowest BCUT2D eigenvalue weighted by atomic mass is 10.2. The average Bonchev–Trinajstić information content (AvgIpc) is 2.34. The number of hydrogen-bond donors (Lipinski definition) is 3. The van der Waals surface area contributed by atoms with Crippen LogP contribution in [0.15, 0.2) is 42.5 Å². The fourth-order valence-corrected chi connectivity index (χ4v) is 2.87. The molecule has 1 amide bonds. The highest BCUT2D eigenvalue weighted by Gasteiger charge is 2.08. The van der Waals surface area contributed by atoms with Crippen LogP contribution in [0.25, 0.3) is 0 Å². The van der Waals surface area contributed by atoms with Gasteiger partial charge in [-0.05, 0) is 18.2 Å². The van der Waals surface area contributed by atoms with Crippen LogP contribution in [-0.2, 0) is 0 Å². The minimum atomic E-state index is -0.494. The molecule has 2 rings (SSSR count). The summed E-state index contributed by atoms with van der Waals surface area (Å²) in [6, 6.07) is 13.1. The Balaban J connectivity index is 2.27. The van der Waals surface area contributed by atoms with Crippen molar-refractivity contribution in [3.8, 4) is 0 Å². The van der Waals surface area contributed by atoms with Crippen LogP contribution in [0, 0.1) is 0 Å². The molecule has 6 N–H and O–H groups in total. The fraction of sp³-hybridized carbons (Fsp3) is 0. The Morgan fingerprint density at radius 3 is 2.17 bits per heavy atom. The van der Waals surface area contributed by atoms with E-state index in [2.05, 4.69) is 0 Å². The number of carbonyl (C=O) groups is 1. The molecule has 0 spiro atoms. The first-order valence-corrected chi connectivity index (χ1v) is 6.61. The predicted octanol–water partition coefficient (Wildman–Crippen LogP) is -0.395. The van der Waals surface area contributed by atoms with Gasteiger partial charge in [-0.15, -0.1) is 8.85 Å². The topological polar surface area (TPSA) is 95.1 Å². The first-order valence-electron chi connectivity index (χ1n) is 5.46. The van der Waals surface area contributed by atoms with E-state index in [1.165, 1.54) is 4.43 Å².